The number of carbonyl (C=O) groups excluding carboxylic acids is 1. The number of piperazine rings is 1. The fourth-order valence-electron chi connectivity index (χ4n) is 3.78. The largest absolute Gasteiger partial charge is 0.353 e. The van der Waals surface area contributed by atoms with E-state index in [0.29, 0.717) is 11.3 Å². The molecule has 3 heterocycles. The van der Waals surface area contributed by atoms with Gasteiger partial charge in [0, 0.05) is 52.2 Å². The van der Waals surface area contributed by atoms with Gasteiger partial charge in [-0.25, -0.2) is 22.7 Å². The van der Waals surface area contributed by atoms with Gasteiger partial charge in [-0.2, -0.15) is 0 Å². The van der Waals surface area contributed by atoms with Crippen molar-refractivity contribution in [3.05, 3.63) is 42.4 Å². The Morgan fingerprint density at radius 1 is 1.16 bits per heavy atom. The van der Waals surface area contributed by atoms with Gasteiger partial charge >= 0.3 is 0 Å². The van der Waals surface area contributed by atoms with Crippen molar-refractivity contribution >= 4 is 27.4 Å². The zero-order valence-electron chi connectivity index (χ0n) is 18.4. The standard InChI is InChI=1S/C21H27N7O3S/c1-15-4-5-16(12-18(15)32(30,31)26(2)3)25-19(29)13-27-8-10-28(11-9-27)21-17-6-7-22-20(17)23-14-24-21/h4-7,12,14H,8-11,13H2,1-3H3,(H,25,29)(H,22,23,24). The Morgan fingerprint density at radius 2 is 1.91 bits per heavy atom. The maximum absolute atomic E-state index is 12.6. The molecule has 2 N–H and O–H groups in total. The van der Waals surface area contributed by atoms with Crippen LogP contribution in [0.5, 0.6) is 0 Å². The lowest BCUT2D eigenvalue weighted by Gasteiger charge is -2.35. The van der Waals surface area contributed by atoms with Crippen LogP contribution in [0.4, 0.5) is 11.5 Å². The molecule has 3 aliphatic heterocycles. The summed E-state index contributed by atoms with van der Waals surface area (Å²) in [4.78, 5) is 28.9. The Balaban J connectivity index is 1.36. The van der Waals surface area contributed by atoms with Crippen LogP contribution in [0.1, 0.15) is 5.56 Å². The van der Waals surface area contributed by atoms with Crippen molar-refractivity contribution in [1.29, 1.82) is 0 Å². The third-order valence-corrected chi connectivity index (χ3v) is 7.56. The Kier molecular flexibility index (Phi) is 6.13. The zero-order valence-corrected chi connectivity index (χ0v) is 19.2. The molecule has 1 saturated heterocycles. The van der Waals surface area contributed by atoms with E-state index in [9.17, 15) is 13.2 Å². The summed E-state index contributed by atoms with van der Waals surface area (Å²) in [7, 11) is -0.607. The van der Waals surface area contributed by atoms with Crippen LogP contribution in [0.15, 0.2) is 41.7 Å². The molecule has 0 spiro atoms. The monoisotopic (exact) mass is 457 g/mol. The molecule has 0 aliphatic carbocycles. The maximum atomic E-state index is 12.6. The number of benzene rings is 1. The summed E-state index contributed by atoms with van der Waals surface area (Å²) < 4.78 is 26.2. The summed E-state index contributed by atoms with van der Waals surface area (Å²) in [5.41, 5.74) is 2.09. The lowest BCUT2D eigenvalue weighted by atomic mass is 10.2. The number of hydrogen-bond acceptors (Lipinski definition) is 7. The molecular formula is C21H27N7O3S. The number of aromatic nitrogens is 3. The number of aromatic amines is 1. The smallest absolute Gasteiger partial charge is 0.242 e. The minimum absolute atomic E-state index is 0.175. The van der Waals surface area contributed by atoms with E-state index in [4.69, 9.17) is 0 Å². The van der Waals surface area contributed by atoms with Gasteiger partial charge in [0.25, 0.3) is 0 Å². The molecule has 32 heavy (non-hydrogen) atoms. The second-order valence-electron chi connectivity index (χ2n) is 8.01. The predicted octanol–water partition coefficient (Wildman–Crippen LogP) is 1.23. The highest BCUT2D eigenvalue weighted by molar-refractivity contribution is 7.89. The van der Waals surface area contributed by atoms with E-state index in [-0.39, 0.29) is 17.3 Å². The predicted molar refractivity (Wildman–Crippen MR) is 122 cm³/mol. The number of fused-ring (bicyclic) bond motifs is 1. The number of nitrogens with zero attached hydrogens (tertiary/aromatic N) is 5. The molecule has 0 saturated carbocycles. The van der Waals surface area contributed by atoms with E-state index in [1.807, 2.05) is 6.07 Å². The highest BCUT2D eigenvalue weighted by atomic mass is 32.2. The minimum atomic E-state index is -3.58. The molecule has 1 aromatic carbocycles. The first-order chi connectivity index (χ1) is 15.3. The lowest BCUT2D eigenvalue weighted by molar-refractivity contribution is -0.117. The second-order valence-corrected chi connectivity index (χ2v) is 10.1. The van der Waals surface area contributed by atoms with Gasteiger partial charge < -0.3 is 15.2 Å². The Hall–Kier alpha value is -3.02. The van der Waals surface area contributed by atoms with Gasteiger partial charge in [-0.1, -0.05) is 6.07 Å². The van der Waals surface area contributed by atoms with Crippen LogP contribution in [0.3, 0.4) is 0 Å². The van der Waals surface area contributed by atoms with E-state index in [0.717, 1.165) is 43.4 Å². The maximum Gasteiger partial charge on any atom is 0.242 e. The van der Waals surface area contributed by atoms with Crippen LogP contribution in [0.2, 0.25) is 0 Å². The number of amides is 1. The van der Waals surface area contributed by atoms with Crippen molar-refractivity contribution in [3.8, 4) is 11.4 Å². The fourth-order valence-corrected chi connectivity index (χ4v) is 4.92. The number of anilines is 2. The van der Waals surface area contributed by atoms with Crippen LogP contribution >= 0.6 is 0 Å². The first-order valence-electron chi connectivity index (χ1n) is 10.3. The van der Waals surface area contributed by atoms with E-state index < -0.39 is 10.0 Å². The molecule has 0 unspecified atom stereocenters. The fraction of sp³-hybridized carbons (Fsp3) is 0.381. The summed E-state index contributed by atoms with van der Waals surface area (Å²) in [6.07, 6.45) is 3.41. The van der Waals surface area contributed by atoms with Crippen molar-refractivity contribution < 1.29 is 13.2 Å². The average molecular weight is 458 g/mol. The van der Waals surface area contributed by atoms with E-state index >= 15 is 0 Å². The van der Waals surface area contributed by atoms with Crippen LogP contribution in [-0.2, 0) is 14.8 Å². The molecule has 1 amide bonds. The van der Waals surface area contributed by atoms with E-state index in [1.54, 1.807) is 31.6 Å². The molecule has 3 aliphatic rings. The number of carbonyl (C=O) groups is 1. The first kappa shape index (κ1) is 22.2. The minimum Gasteiger partial charge on any atom is -0.353 e. The molecule has 0 atom stereocenters. The van der Waals surface area contributed by atoms with Crippen molar-refractivity contribution in [2.45, 2.75) is 11.8 Å². The summed E-state index contributed by atoms with van der Waals surface area (Å²) in [6, 6.07) is 6.88. The molecule has 170 valence electrons. The Morgan fingerprint density at radius 3 is 2.62 bits per heavy atom. The number of rotatable bonds is 6. The third kappa shape index (κ3) is 4.45. The third-order valence-electron chi connectivity index (χ3n) is 5.60. The summed E-state index contributed by atoms with van der Waals surface area (Å²) in [6.45, 7) is 4.91. The number of sulfonamides is 1. The van der Waals surface area contributed by atoms with Crippen LogP contribution in [0.25, 0.3) is 11.4 Å². The number of H-pyrrole nitrogens is 1. The van der Waals surface area contributed by atoms with E-state index in [2.05, 4.69) is 30.1 Å². The number of aryl methyl sites for hydroxylation is 1. The Bertz CT molecular complexity index is 1180. The van der Waals surface area contributed by atoms with Crippen LogP contribution in [-0.4, -0.2) is 85.3 Å². The molecule has 0 bridgehead atoms. The quantitative estimate of drug-likeness (QED) is 0.572. The Labute approximate surface area is 187 Å². The van der Waals surface area contributed by atoms with Gasteiger partial charge in [0.05, 0.1) is 23.3 Å². The molecule has 10 nitrogen and oxygen atoms in total. The zero-order chi connectivity index (χ0) is 22.9. The van der Waals surface area contributed by atoms with Crippen molar-refractivity contribution in [3.63, 3.8) is 0 Å². The van der Waals surface area contributed by atoms with Gasteiger partial charge in [-0.3, -0.25) is 9.69 Å². The molecule has 4 rings (SSSR count). The molecule has 1 fully saturated rings. The van der Waals surface area contributed by atoms with Gasteiger partial charge in [0.15, 0.2) is 0 Å². The molecule has 0 radical (unpaired) electrons. The van der Waals surface area contributed by atoms with Gasteiger partial charge in [-0.05, 0) is 30.7 Å². The average Bonchev–Trinajstić information content (AvgIpc) is 3.24. The summed E-state index contributed by atoms with van der Waals surface area (Å²) >= 11 is 0. The molecule has 0 aromatic heterocycles. The van der Waals surface area contributed by atoms with Crippen molar-refractivity contribution in [1.82, 2.24) is 24.2 Å². The highest BCUT2D eigenvalue weighted by Gasteiger charge is 2.24. The SMILES string of the molecule is Cc1ccc(NC(=O)CN2CCN(c3nc[nH]c4nccc3-4)CC2)cc1S(=O)(=O)N(C)C. The topological polar surface area (TPSA) is 115 Å². The van der Waals surface area contributed by atoms with Crippen molar-refractivity contribution in [2.75, 3.05) is 57.0 Å². The summed E-state index contributed by atoms with van der Waals surface area (Å²) in [5, 5.41) is 2.83. The van der Waals surface area contributed by atoms with Crippen LogP contribution in [0, 0.1) is 6.92 Å². The highest BCUT2D eigenvalue weighted by Crippen LogP contribution is 2.28. The number of hydrogen-bond donors (Lipinski definition) is 2. The first-order valence-corrected chi connectivity index (χ1v) is 11.8. The lowest BCUT2D eigenvalue weighted by Crippen LogP contribution is -2.49. The number of nitrogens with one attached hydrogen (secondary N) is 2. The van der Waals surface area contributed by atoms with Gasteiger partial charge in [0.2, 0.25) is 15.9 Å². The van der Waals surface area contributed by atoms with Crippen molar-refractivity contribution in [2.24, 2.45) is 0 Å². The van der Waals surface area contributed by atoms with Gasteiger partial charge in [-0.15, -0.1) is 0 Å². The molecule has 1 aromatic rings. The normalized spacial score (nSPS) is 15.4. The van der Waals surface area contributed by atoms with Gasteiger partial charge in [0.1, 0.15) is 11.6 Å². The second kappa shape index (κ2) is 8.85. The molecule has 11 heteroatoms. The molecular weight excluding hydrogens is 430 g/mol. The summed E-state index contributed by atoms with van der Waals surface area (Å²) in [5.74, 6) is 1.53. The van der Waals surface area contributed by atoms with Crippen LogP contribution < -0.4 is 10.2 Å². The van der Waals surface area contributed by atoms with E-state index in [1.165, 1.54) is 24.5 Å².